The first-order valence-electron chi connectivity index (χ1n) is 8.60. The van der Waals surface area contributed by atoms with Gasteiger partial charge in [0.15, 0.2) is 0 Å². The van der Waals surface area contributed by atoms with Crippen LogP contribution < -0.4 is 4.90 Å². The van der Waals surface area contributed by atoms with Gasteiger partial charge in [0, 0.05) is 51.2 Å². The van der Waals surface area contributed by atoms with Gasteiger partial charge in [-0.2, -0.15) is 0 Å². The molecule has 2 saturated heterocycles. The number of hydrogen-bond donors (Lipinski definition) is 0. The minimum Gasteiger partial charge on any atom is -0.356 e. The zero-order chi connectivity index (χ0) is 18.2. The van der Waals surface area contributed by atoms with Crippen molar-refractivity contribution in [3.05, 3.63) is 48.7 Å². The van der Waals surface area contributed by atoms with Crippen LogP contribution in [0.4, 0.5) is 14.6 Å². The molecule has 4 heterocycles. The smallest absolute Gasteiger partial charge is 0.274 e. The van der Waals surface area contributed by atoms with Gasteiger partial charge in [0.25, 0.3) is 11.8 Å². The van der Waals surface area contributed by atoms with E-state index in [-0.39, 0.29) is 37.7 Å². The summed E-state index contributed by atoms with van der Waals surface area (Å²) in [6, 6.07) is 5.46. The average molecular weight is 359 g/mol. The lowest BCUT2D eigenvalue weighted by molar-refractivity contribution is -0.150. The number of carbonyl (C=O) groups is 1. The van der Waals surface area contributed by atoms with E-state index in [1.807, 2.05) is 17.0 Å². The minimum absolute atomic E-state index is 0.0126. The lowest BCUT2D eigenvalue weighted by atomic mass is 9.75. The molecule has 0 radical (unpaired) electrons. The van der Waals surface area contributed by atoms with Gasteiger partial charge in [-0.3, -0.25) is 9.78 Å². The number of likely N-dealkylation sites (tertiary alicyclic amines) is 1. The van der Waals surface area contributed by atoms with Crippen molar-refractivity contribution < 1.29 is 13.6 Å². The summed E-state index contributed by atoms with van der Waals surface area (Å²) in [5, 5.41) is 0. The summed E-state index contributed by atoms with van der Waals surface area (Å²) in [4.78, 5) is 28.2. The van der Waals surface area contributed by atoms with E-state index in [1.165, 1.54) is 23.5 Å². The number of nitrogens with zero attached hydrogens (tertiary/aromatic N) is 5. The van der Waals surface area contributed by atoms with Crippen LogP contribution in [0, 0.1) is 5.41 Å². The maximum atomic E-state index is 14.9. The van der Waals surface area contributed by atoms with E-state index in [2.05, 4.69) is 15.0 Å². The molecule has 1 atom stereocenters. The number of pyridine rings is 1. The fourth-order valence-electron chi connectivity index (χ4n) is 3.88. The van der Waals surface area contributed by atoms with E-state index >= 15 is 0 Å². The highest BCUT2D eigenvalue weighted by Gasteiger charge is 2.60. The van der Waals surface area contributed by atoms with Crippen LogP contribution in [-0.4, -0.2) is 57.9 Å². The molecule has 1 amide bonds. The molecule has 6 nitrogen and oxygen atoms in total. The zero-order valence-corrected chi connectivity index (χ0v) is 14.2. The van der Waals surface area contributed by atoms with Gasteiger partial charge in [0.05, 0.1) is 11.6 Å². The highest BCUT2D eigenvalue weighted by Crippen LogP contribution is 2.50. The van der Waals surface area contributed by atoms with Crippen molar-refractivity contribution in [3.63, 3.8) is 0 Å². The third-order valence-corrected chi connectivity index (χ3v) is 5.36. The number of amides is 1. The minimum atomic E-state index is -2.82. The van der Waals surface area contributed by atoms with Crippen LogP contribution in [0.15, 0.2) is 43.0 Å². The molecule has 0 N–H and O–H groups in total. The Labute approximate surface area is 149 Å². The molecule has 4 rings (SSSR count). The number of anilines is 1. The number of halogens is 2. The molecule has 0 aliphatic carbocycles. The molecule has 2 aliphatic rings. The molecule has 136 valence electrons. The Bertz CT molecular complexity index is 789. The molecule has 0 unspecified atom stereocenters. The van der Waals surface area contributed by atoms with E-state index in [4.69, 9.17) is 0 Å². The first-order valence-corrected chi connectivity index (χ1v) is 8.60. The van der Waals surface area contributed by atoms with Gasteiger partial charge in [0.1, 0.15) is 11.5 Å². The molecule has 2 fully saturated rings. The molecule has 26 heavy (non-hydrogen) atoms. The number of rotatable bonds is 2. The van der Waals surface area contributed by atoms with Gasteiger partial charge in [-0.15, -0.1) is 0 Å². The molecule has 0 bridgehead atoms. The van der Waals surface area contributed by atoms with Gasteiger partial charge >= 0.3 is 0 Å². The van der Waals surface area contributed by atoms with Crippen LogP contribution in [0.1, 0.15) is 23.3 Å². The number of aromatic nitrogens is 3. The van der Waals surface area contributed by atoms with E-state index in [0.717, 1.165) is 0 Å². The maximum Gasteiger partial charge on any atom is 0.274 e. The zero-order valence-electron chi connectivity index (χ0n) is 14.2. The van der Waals surface area contributed by atoms with Gasteiger partial charge < -0.3 is 9.80 Å². The van der Waals surface area contributed by atoms with Crippen LogP contribution in [0.3, 0.4) is 0 Å². The van der Waals surface area contributed by atoms with E-state index in [9.17, 15) is 13.6 Å². The Morgan fingerprint density at radius 3 is 2.65 bits per heavy atom. The predicted octanol–water partition coefficient (Wildman–Crippen LogP) is 2.25. The number of hydrogen-bond acceptors (Lipinski definition) is 5. The maximum absolute atomic E-state index is 14.9. The van der Waals surface area contributed by atoms with Gasteiger partial charge in [0.2, 0.25) is 0 Å². The Morgan fingerprint density at radius 1 is 1.04 bits per heavy atom. The molecule has 2 aromatic heterocycles. The molecule has 8 heteroatoms. The first kappa shape index (κ1) is 16.8. The second-order valence-electron chi connectivity index (χ2n) is 6.91. The quantitative estimate of drug-likeness (QED) is 0.823. The summed E-state index contributed by atoms with van der Waals surface area (Å²) in [6.45, 7) is 0.716. The van der Waals surface area contributed by atoms with Crippen LogP contribution >= 0.6 is 0 Å². The second-order valence-corrected chi connectivity index (χ2v) is 6.91. The monoisotopic (exact) mass is 359 g/mol. The predicted molar refractivity (Wildman–Crippen MR) is 91.0 cm³/mol. The van der Waals surface area contributed by atoms with Gasteiger partial charge in [-0.1, -0.05) is 6.07 Å². The van der Waals surface area contributed by atoms with Crippen LogP contribution in [-0.2, 0) is 0 Å². The fourth-order valence-corrected chi connectivity index (χ4v) is 3.88. The summed E-state index contributed by atoms with van der Waals surface area (Å²) in [5.74, 6) is -2.47. The largest absolute Gasteiger partial charge is 0.356 e. The van der Waals surface area contributed by atoms with Crippen molar-refractivity contribution in [1.29, 1.82) is 0 Å². The van der Waals surface area contributed by atoms with E-state index in [0.29, 0.717) is 18.8 Å². The van der Waals surface area contributed by atoms with Crippen molar-refractivity contribution in [3.8, 4) is 0 Å². The lowest BCUT2D eigenvalue weighted by Crippen LogP contribution is -2.58. The van der Waals surface area contributed by atoms with E-state index < -0.39 is 11.3 Å². The third-order valence-electron chi connectivity index (χ3n) is 5.36. The number of piperidine rings is 1. The van der Waals surface area contributed by atoms with Crippen molar-refractivity contribution in [2.24, 2.45) is 5.41 Å². The summed E-state index contributed by atoms with van der Waals surface area (Å²) in [6.07, 6.45) is 5.92. The molecule has 2 aliphatic heterocycles. The Hall–Kier alpha value is -2.64. The SMILES string of the molecule is O=C(c1cnccn1)N1CCC(F)(F)[C@@]2(CCN(c3ccccn3)C2)C1. The number of carbonyl (C=O) groups excluding carboxylic acids is 1. The normalized spacial score (nSPS) is 24.8. The summed E-state index contributed by atoms with van der Waals surface area (Å²) in [5.41, 5.74) is -1.08. The summed E-state index contributed by atoms with van der Waals surface area (Å²) >= 11 is 0. The fraction of sp³-hybridized carbons (Fsp3) is 0.444. The van der Waals surface area contributed by atoms with Crippen molar-refractivity contribution in [2.45, 2.75) is 18.8 Å². The van der Waals surface area contributed by atoms with Crippen LogP contribution in [0.2, 0.25) is 0 Å². The van der Waals surface area contributed by atoms with Crippen molar-refractivity contribution >= 4 is 11.7 Å². The highest BCUT2D eigenvalue weighted by molar-refractivity contribution is 5.92. The average Bonchev–Trinajstić information content (AvgIpc) is 3.11. The second kappa shape index (κ2) is 6.26. The summed E-state index contributed by atoms with van der Waals surface area (Å²) in [7, 11) is 0. The topological polar surface area (TPSA) is 62.2 Å². The van der Waals surface area contributed by atoms with Crippen LogP contribution in [0.25, 0.3) is 0 Å². The standard InChI is InChI=1S/C18H19F2N5O/c19-18(20)5-10-25(16(26)14-11-21-7-8-22-14)13-17(18)4-9-24(12-17)15-3-1-2-6-23-15/h1-3,6-8,11H,4-5,9-10,12-13H2/t17-/m1/s1. The molecule has 0 saturated carbocycles. The molecular weight excluding hydrogens is 340 g/mol. The van der Waals surface area contributed by atoms with Crippen molar-refractivity contribution in [1.82, 2.24) is 19.9 Å². The molecule has 2 aromatic rings. The molecule has 0 aromatic carbocycles. The number of alkyl halides is 2. The Kier molecular flexibility index (Phi) is 4.05. The Morgan fingerprint density at radius 2 is 1.92 bits per heavy atom. The summed E-state index contributed by atoms with van der Waals surface area (Å²) < 4.78 is 29.8. The lowest BCUT2D eigenvalue weighted by Gasteiger charge is -2.45. The third kappa shape index (κ3) is 2.79. The van der Waals surface area contributed by atoms with Gasteiger partial charge in [-0.05, 0) is 18.6 Å². The van der Waals surface area contributed by atoms with Crippen LogP contribution in [0.5, 0.6) is 0 Å². The molecule has 1 spiro atoms. The van der Waals surface area contributed by atoms with E-state index in [1.54, 1.807) is 12.3 Å². The first-order chi connectivity index (χ1) is 12.5. The molecular formula is C18H19F2N5O. The Balaban J connectivity index is 1.57. The highest BCUT2D eigenvalue weighted by atomic mass is 19.3. The van der Waals surface area contributed by atoms with Crippen molar-refractivity contribution in [2.75, 3.05) is 31.1 Å². The van der Waals surface area contributed by atoms with Gasteiger partial charge in [-0.25, -0.2) is 18.7 Å².